The molecule has 154 valence electrons. The lowest BCUT2D eigenvalue weighted by Gasteiger charge is -2.37. The van der Waals surface area contributed by atoms with Gasteiger partial charge in [-0.25, -0.2) is 0 Å². The predicted octanol–water partition coefficient (Wildman–Crippen LogP) is 2.65. The van der Waals surface area contributed by atoms with Crippen molar-refractivity contribution in [2.24, 2.45) is 5.92 Å². The zero-order chi connectivity index (χ0) is 19.9. The highest BCUT2D eigenvalue weighted by atomic mass is 35.5. The zero-order valence-corrected chi connectivity index (χ0v) is 17.4. The van der Waals surface area contributed by atoms with Gasteiger partial charge in [0, 0.05) is 62.9 Å². The minimum Gasteiger partial charge on any atom is -0.466 e. The number of piperidine rings is 1. The maximum Gasteiger partial charge on any atom is 0.310 e. The van der Waals surface area contributed by atoms with E-state index < -0.39 is 0 Å². The molecule has 1 amide bonds. The standard InChI is InChI=1S/C21H30ClN3O3/c1-2-28-21(27)17-4-3-10-25(16-17)20(26)9-11-23-12-14-24(15-13-23)19-7-5-18(22)6-8-19/h5-8,17H,2-4,9-16H2,1H3. The van der Waals surface area contributed by atoms with Crippen molar-refractivity contribution in [3.05, 3.63) is 29.3 Å². The van der Waals surface area contributed by atoms with E-state index in [9.17, 15) is 9.59 Å². The lowest BCUT2D eigenvalue weighted by Crippen LogP contribution is -2.48. The molecule has 3 rings (SSSR count). The number of hydrogen-bond donors (Lipinski definition) is 0. The van der Waals surface area contributed by atoms with Crippen LogP contribution < -0.4 is 4.90 Å². The van der Waals surface area contributed by atoms with Crippen molar-refractivity contribution in [2.75, 3.05) is 57.3 Å². The van der Waals surface area contributed by atoms with E-state index in [4.69, 9.17) is 16.3 Å². The fourth-order valence-electron chi connectivity index (χ4n) is 3.95. The number of hydrogen-bond acceptors (Lipinski definition) is 5. The molecule has 2 aliphatic heterocycles. The summed E-state index contributed by atoms with van der Waals surface area (Å²) in [6, 6.07) is 7.95. The van der Waals surface area contributed by atoms with E-state index in [0.29, 0.717) is 19.6 Å². The van der Waals surface area contributed by atoms with Crippen molar-refractivity contribution in [1.82, 2.24) is 9.80 Å². The van der Waals surface area contributed by atoms with Gasteiger partial charge in [0.05, 0.1) is 12.5 Å². The number of esters is 1. The summed E-state index contributed by atoms with van der Waals surface area (Å²) in [4.78, 5) is 31.1. The van der Waals surface area contributed by atoms with Gasteiger partial charge in [-0.15, -0.1) is 0 Å². The van der Waals surface area contributed by atoms with Crippen LogP contribution in [-0.2, 0) is 14.3 Å². The third kappa shape index (κ3) is 5.61. The predicted molar refractivity (Wildman–Crippen MR) is 111 cm³/mol. The normalized spacial score (nSPS) is 20.9. The molecule has 2 fully saturated rings. The first-order valence-electron chi connectivity index (χ1n) is 10.2. The molecule has 2 heterocycles. The summed E-state index contributed by atoms with van der Waals surface area (Å²) in [5, 5.41) is 0.754. The molecule has 0 aliphatic carbocycles. The van der Waals surface area contributed by atoms with Crippen molar-refractivity contribution in [2.45, 2.75) is 26.2 Å². The summed E-state index contributed by atoms with van der Waals surface area (Å²) in [6.45, 7) is 8.02. The van der Waals surface area contributed by atoms with Crippen LogP contribution in [0.5, 0.6) is 0 Å². The molecule has 0 aromatic heterocycles. The van der Waals surface area contributed by atoms with E-state index in [1.54, 1.807) is 0 Å². The maximum atomic E-state index is 12.6. The number of carbonyl (C=O) groups is 2. The molecule has 6 nitrogen and oxygen atoms in total. The number of nitrogens with zero attached hydrogens (tertiary/aromatic N) is 3. The van der Waals surface area contributed by atoms with Gasteiger partial charge in [0.2, 0.25) is 5.91 Å². The maximum absolute atomic E-state index is 12.6. The first kappa shape index (κ1) is 20.9. The second kappa shape index (κ2) is 10.1. The van der Waals surface area contributed by atoms with Gasteiger partial charge in [0.25, 0.3) is 0 Å². The van der Waals surface area contributed by atoms with Crippen molar-refractivity contribution < 1.29 is 14.3 Å². The van der Waals surface area contributed by atoms with Gasteiger partial charge in [0.15, 0.2) is 0 Å². The molecule has 7 heteroatoms. The third-order valence-electron chi connectivity index (χ3n) is 5.60. The molecule has 0 bridgehead atoms. The minimum atomic E-state index is -0.168. The number of rotatable bonds is 6. The highest BCUT2D eigenvalue weighted by Gasteiger charge is 2.29. The zero-order valence-electron chi connectivity index (χ0n) is 16.6. The van der Waals surface area contributed by atoms with E-state index in [2.05, 4.69) is 21.9 Å². The van der Waals surface area contributed by atoms with Crippen LogP contribution in [-0.4, -0.2) is 74.1 Å². The second-order valence-corrected chi connectivity index (χ2v) is 7.92. The average Bonchev–Trinajstić information content (AvgIpc) is 2.73. The molecule has 0 saturated carbocycles. The quantitative estimate of drug-likeness (QED) is 0.678. The van der Waals surface area contributed by atoms with Crippen molar-refractivity contribution in [3.8, 4) is 0 Å². The lowest BCUT2D eigenvalue weighted by molar-refractivity contribution is -0.151. The second-order valence-electron chi connectivity index (χ2n) is 7.49. The Kier molecular flexibility index (Phi) is 7.57. The average molecular weight is 408 g/mol. The Hall–Kier alpha value is -1.79. The molecule has 0 radical (unpaired) electrons. The number of benzene rings is 1. The van der Waals surface area contributed by atoms with Crippen molar-refractivity contribution in [1.29, 1.82) is 0 Å². The Labute approximate surface area is 172 Å². The van der Waals surface area contributed by atoms with Crippen molar-refractivity contribution >= 4 is 29.2 Å². The number of piperazine rings is 1. The van der Waals surface area contributed by atoms with Gasteiger partial charge in [-0.05, 0) is 44.0 Å². The number of likely N-dealkylation sites (tertiary alicyclic amines) is 1. The Morgan fingerprint density at radius 1 is 1.11 bits per heavy atom. The molecule has 28 heavy (non-hydrogen) atoms. The first-order valence-corrected chi connectivity index (χ1v) is 10.6. The van der Waals surface area contributed by atoms with E-state index in [1.807, 2.05) is 24.0 Å². The van der Waals surface area contributed by atoms with Crippen LogP contribution in [0, 0.1) is 5.92 Å². The highest BCUT2D eigenvalue weighted by molar-refractivity contribution is 6.30. The van der Waals surface area contributed by atoms with Crippen LogP contribution in [0.1, 0.15) is 26.2 Å². The topological polar surface area (TPSA) is 53.1 Å². The monoisotopic (exact) mass is 407 g/mol. The van der Waals surface area contributed by atoms with Gasteiger partial charge in [-0.2, -0.15) is 0 Å². The smallest absolute Gasteiger partial charge is 0.310 e. The molecule has 0 N–H and O–H groups in total. The Morgan fingerprint density at radius 3 is 2.50 bits per heavy atom. The Morgan fingerprint density at radius 2 is 1.82 bits per heavy atom. The van der Waals surface area contributed by atoms with Gasteiger partial charge < -0.3 is 14.5 Å². The van der Waals surface area contributed by atoms with Crippen LogP contribution in [0.2, 0.25) is 5.02 Å². The highest BCUT2D eigenvalue weighted by Crippen LogP contribution is 2.21. The number of amides is 1. The fourth-order valence-corrected chi connectivity index (χ4v) is 4.08. The minimum absolute atomic E-state index is 0.147. The molecule has 1 unspecified atom stereocenters. The Bertz CT molecular complexity index is 659. The summed E-state index contributed by atoms with van der Waals surface area (Å²) >= 11 is 5.96. The van der Waals surface area contributed by atoms with Crippen molar-refractivity contribution in [3.63, 3.8) is 0 Å². The van der Waals surface area contributed by atoms with E-state index in [0.717, 1.165) is 57.1 Å². The van der Waals surface area contributed by atoms with Crippen LogP contribution in [0.3, 0.4) is 0 Å². The SMILES string of the molecule is CCOC(=O)C1CCCN(C(=O)CCN2CCN(c3ccc(Cl)cc3)CC2)C1. The molecule has 1 atom stereocenters. The van der Waals surface area contributed by atoms with E-state index >= 15 is 0 Å². The van der Waals surface area contributed by atoms with E-state index in [-0.39, 0.29) is 17.8 Å². The van der Waals surface area contributed by atoms with Gasteiger partial charge in [-0.3, -0.25) is 14.5 Å². The van der Waals surface area contributed by atoms with Crippen LogP contribution in [0.4, 0.5) is 5.69 Å². The molecular weight excluding hydrogens is 378 g/mol. The van der Waals surface area contributed by atoms with E-state index in [1.165, 1.54) is 5.69 Å². The fraction of sp³-hybridized carbons (Fsp3) is 0.619. The molecule has 1 aromatic carbocycles. The lowest BCUT2D eigenvalue weighted by atomic mass is 9.98. The number of anilines is 1. The first-order chi connectivity index (χ1) is 13.6. The van der Waals surface area contributed by atoms with Gasteiger partial charge >= 0.3 is 5.97 Å². The summed E-state index contributed by atoms with van der Waals surface area (Å²) in [6.07, 6.45) is 2.20. The summed E-state index contributed by atoms with van der Waals surface area (Å²) in [5.41, 5.74) is 1.19. The number of halogens is 1. The molecule has 2 aliphatic rings. The van der Waals surface area contributed by atoms with Crippen LogP contribution in [0.15, 0.2) is 24.3 Å². The molecule has 2 saturated heterocycles. The third-order valence-corrected chi connectivity index (χ3v) is 5.85. The molecular formula is C21H30ClN3O3. The van der Waals surface area contributed by atoms with Crippen LogP contribution in [0.25, 0.3) is 0 Å². The number of ether oxygens (including phenoxy) is 1. The van der Waals surface area contributed by atoms with Gasteiger partial charge in [0.1, 0.15) is 0 Å². The van der Waals surface area contributed by atoms with Crippen LogP contribution >= 0.6 is 11.6 Å². The largest absolute Gasteiger partial charge is 0.466 e. The summed E-state index contributed by atoms with van der Waals surface area (Å²) < 4.78 is 5.12. The number of carbonyl (C=O) groups excluding carboxylic acids is 2. The summed E-state index contributed by atoms with van der Waals surface area (Å²) in [5.74, 6) is -0.187. The molecule has 0 spiro atoms. The summed E-state index contributed by atoms with van der Waals surface area (Å²) in [7, 11) is 0. The molecule has 1 aromatic rings. The van der Waals surface area contributed by atoms with Gasteiger partial charge in [-0.1, -0.05) is 11.6 Å². The Balaban J connectivity index is 1.40.